The Bertz CT molecular complexity index is 721. The van der Waals surface area contributed by atoms with Gasteiger partial charge in [0.25, 0.3) is 0 Å². The molecule has 0 atom stereocenters. The van der Waals surface area contributed by atoms with Crippen LogP contribution in [0.25, 0.3) is 22.3 Å². The molecular weight excluding hydrogens is 252 g/mol. The largest absolute Gasteiger partial charge is 0.395 e. The Balaban J connectivity index is 2.10. The molecule has 0 amide bonds. The lowest BCUT2D eigenvalue weighted by molar-refractivity contribution is 0.311. The third kappa shape index (κ3) is 2.35. The number of hydrogen-bond acceptors (Lipinski definition) is 4. The highest BCUT2D eigenvalue weighted by Crippen LogP contribution is 2.26. The monoisotopic (exact) mass is 268 g/mol. The first-order chi connectivity index (χ1) is 9.78. The summed E-state index contributed by atoms with van der Waals surface area (Å²) in [6.45, 7) is 2.39. The minimum absolute atomic E-state index is 0.0663. The summed E-state index contributed by atoms with van der Waals surface area (Å²) in [4.78, 5) is 12.2. The number of rotatable bonds is 4. The quantitative estimate of drug-likeness (QED) is 0.679. The van der Waals surface area contributed by atoms with Crippen LogP contribution in [-0.2, 0) is 0 Å². The second kappa shape index (κ2) is 5.30. The van der Waals surface area contributed by atoms with Crippen molar-refractivity contribution in [2.75, 3.05) is 18.5 Å². The smallest absolute Gasteiger partial charge is 0.154 e. The fraction of sp³-hybridized carbons (Fsp3) is 0.200. The molecule has 0 spiro atoms. The predicted octanol–water partition coefficient (Wildman–Crippen LogP) is 2.34. The van der Waals surface area contributed by atoms with Gasteiger partial charge in [-0.05, 0) is 18.6 Å². The highest BCUT2D eigenvalue weighted by Gasteiger charge is 2.10. The lowest BCUT2D eigenvalue weighted by Crippen LogP contribution is -2.08. The first kappa shape index (κ1) is 12.6. The molecular formula is C15H16N4O. The summed E-state index contributed by atoms with van der Waals surface area (Å²) in [5.41, 5.74) is 3.85. The van der Waals surface area contributed by atoms with Gasteiger partial charge in [0.2, 0.25) is 0 Å². The molecule has 2 aromatic heterocycles. The van der Waals surface area contributed by atoms with Crippen molar-refractivity contribution in [1.29, 1.82) is 0 Å². The zero-order chi connectivity index (χ0) is 13.9. The van der Waals surface area contributed by atoms with E-state index in [1.807, 2.05) is 43.3 Å². The van der Waals surface area contributed by atoms with Crippen LogP contribution in [0.5, 0.6) is 0 Å². The van der Waals surface area contributed by atoms with Gasteiger partial charge < -0.3 is 15.4 Å². The number of nitrogens with one attached hydrogen (secondary N) is 2. The molecule has 3 aromatic rings. The summed E-state index contributed by atoms with van der Waals surface area (Å²) < 4.78 is 0. The number of nitrogens with zero attached hydrogens (tertiary/aromatic N) is 2. The fourth-order valence-electron chi connectivity index (χ4n) is 2.20. The fourth-order valence-corrected chi connectivity index (χ4v) is 2.20. The second-order valence-electron chi connectivity index (χ2n) is 4.58. The summed E-state index contributed by atoms with van der Waals surface area (Å²) in [5.74, 6) is 1.43. The maximum absolute atomic E-state index is 8.94. The van der Waals surface area contributed by atoms with E-state index in [1.54, 1.807) is 0 Å². The molecule has 5 nitrogen and oxygen atoms in total. The van der Waals surface area contributed by atoms with E-state index in [-0.39, 0.29) is 6.61 Å². The topological polar surface area (TPSA) is 73.8 Å². The molecule has 0 aliphatic heterocycles. The minimum Gasteiger partial charge on any atom is -0.395 e. The SMILES string of the molecule is Cc1nc(NCCO)c2[nH]c(-c3ccccc3)cc2n1. The summed E-state index contributed by atoms with van der Waals surface area (Å²) in [6.07, 6.45) is 0. The van der Waals surface area contributed by atoms with E-state index >= 15 is 0 Å². The van der Waals surface area contributed by atoms with Crippen molar-refractivity contribution >= 4 is 16.9 Å². The molecule has 2 heterocycles. The van der Waals surface area contributed by atoms with Crippen molar-refractivity contribution in [3.8, 4) is 11.3 Å². The van der Waals surface area contributed by atoms with Crippen LogP contribution >= 0.6 is 0 Å². The molecule has 3 N–H and O–H groups in total. The Morgan fingerprint density at radius 3 is 2.75 bits per heavy atom. The summed E-state index contributed by atoms with van der Waals surface area (Å²) >= 11 is 0. The maximum atomic E-state index is 8.94. The van der Waals surface area contributed by atoms with Crippen molar-refractivity contribution in [3.05, 3.63) is 42.2 Å². The maximum Gasteiger partial charge on any atom is 0.154 e. The first-order valence-corrected chi connectivity index (χ1v) is 6.55. The molecule has 102 valence electrons. The zero-order valence-corrected chi connectivity index (χ0v) is 11.2. The molecule has 0 saturated carbocycles. The Kier molecular flexibility index (Phi) is 3.35. The van der Waals surface area contributed by atoms with Gasteiger partial charge in [-0.15, -0.1) is 0 Å². The Morgan fingerprint density at radius 1 is 1.20 bits per heavy atom. The van der Waals surface area contributed by atoms with Gasteiger partial charge in [0.1, 0.15) is 11.3 Å². The Hall–Kier alpha value is -2.40. The van der Waals surface area contributed by atoms with E-state index in [2.05, 4.69) is 20.3 Å². The third-order valence-corrected chi connectivity index (χ3v) is 3.08. The van der Waals surface area contributed by atoms with Gasteiger partial charge in [-0.3, -0.25) is 0 Å². The molecule has 1 aromatic carbocycles. The van der Waals surface area contributed by atoms with Crippen molar-refractivity contribution in [2.45, 2.75) is 6.92 Å². The molecule has 20 heavy (non-hydrogen) atoms. The van der Waals surface area contributed by atoms with Crippen LogP contribution in [0.15, 0.2) is 36.4 Å². The Morgan fingerprint density at radius 2 is 2.00 bits per heavy atom. The number of fused-ring (bicyclic) bond motifs is 1. The number of aliphatic hydroxyl groups is 1. The number of anilines is 1. The number of aliphatic hydroxyl groups excluding tert-OH is 1. The number of aromatic amines is 1. The molecule has 3 rings (SSSR count). The van der Waals surface area contributed by atoms with Gasteiger partial charge >= 0.3 is 0 Å². The summed E-state index contributed by atoms with van der Waals surface area (Å²) in [6, 6.07) is 12.1. The molecule has 0 saturated heterocycles. The number of aromatic nitrogens is 3. The molecule has 0 aliphatic carbocycles. The van der Waals surface area contributed by atoms with Gasteiger partial charge in [-0.1, -0.05) is 30.3 Å². The number of aryl methyl sites for hydroxylation is 1. The normalized spacial score (nSPS) is 10.9. The zero-order valence-electron chi connectivity index (χ0n) is 11.2. The van der Waals surface area contributed by atoms with Crippen LogP contribution in [0.4, 0.5) is 5.82 Å². The minimum atomic E-state index is 0.0663. The van der Waals surface area contributed by atoms with E-state index in [9.17, 15) is 0 Å². The van der Waals surface area contributed by atoms with Crippen molar-refractivity contribution in [1.82, 2.24) is 15.0 Å². The predicted molar refractivity (Wildman–Crippen MR) is 79.6 cm³/mol. The molecule has 0 radical (unpaired) electrons. The second-order valence-corrected chi connectivity index (χ2v) is 4.58. The lowest BCUT2D eigenvalue weighted by atomic mass is 10.2. The van der Waals surface area contributed by atoms with E-state index in [4.69, 9.17) is 5.11 Å². The van der Waals surface area contributed by atoms with Crippen LogP contribution in [-0.4, -0.2) is 33.2 Å². The molecule has 5 heteroatoms. The molecule has 0 aliphatic rings. The van der Waals surface area contributed by atoms with E-state index in [0.717, 1.165) is 28.1 Å². The first-order valence-electron chi connectivity index (χ1n) is 6.55. The highest BCUT2D eigenvalue weighted by molar-refractivity contribution is 5.90. The number of H-pyrrole nitrogens is 1. The molecule has 0 unspecified atom stereocenters. The van der Waals surface area contributed by atoms with Gasteiger partial charge in [0.15, 0.2) is 5.82 Å². The lowest BCUT2D eigenvalue weighted by Gasteiger charge is -2.05. The van der Waals surface area contributed by atoms with Gasteiger partial charge in [0.05, 0.1) is 12.1 Å². The number of hydrogen-bond donors (Lipinski definition) is 3. The van der Waals surface area contributed by atoms with Crippen LogP contribution in [0.2, 0.25) is 0 Å². The van der Waals surface area contributed by atoms with Crippen LogP contribution < -0.4 is 5.32 Å². The summed E-state index contributed by atoms with van der Waals surface area (Å²) in [5, 5.41) is 12.0. The van der Waals surface area contributed by atoms with Crippen molar-refractivity contribution < 1.29 is 5.11 Å². The van der Waals surface area contributed by atoms with E-state index in [0.29, 0.717) is 12.4 Å². The van der Waals surface area contributed by atoms with Gasteiger partial charge in [-0.25, -0.2) is 9.97 Å². The van der Waals surface area contributed by atoms with E-state index < -0.39 is 0 Å². The van der Waals surface area contributed by atoms with Crippen molar-refractivity contribution in [2.24, 2.45) is 0 Å². The van der Waals surface area contributed by atoms with Crippen LogP contribution in [0.1, 0.15) is 5.82 Å². The summed E-state index contributed by atoms with van der Waals surface area (Å²) in [7, 11) is 0. The standard InChI is InChI=1S/C15H16N4O/c1-10-17-13-9-12(11-5-3-2-4-6-11)19-14(13)15(18-10)16-7-8-20/h2-6,9,19-20H,7-8H2,1H3,(H,16,17,18). The number of benzene rings is 1. The molecule has 0 fully saturated rings. The average Bonchev–Trinajstić information content (AvgIpc) is 2.89. The Labute approximate surface area is 116 Å². The third-order valence-electron chi connectivity index (χ3n) is 3.08. The highest BCUT2D eigenvalue weighted by atomic mass is 16.3. The van der Waals surface area contributed by atoms with Crippen LogP contribution in [0, 0.1) is 6.92 Å². The van der Waals surface area contributed by atoms with Gasteiger partial charge in [0, 0.05) is 12.2 Å². The average molecular weight is 268 g/mol. The van der Waals surface area contributed by atoms with Crippen molar-refractivity contribution in [3.63, 3.8) is 0 Å². The molecule has 0 bridgehead atoms. The van der Waals surface area contributed by atoms with Gasteiger partial charge in [-0.2, -0.15) is 0 Å². The van der Waals surface area contributed by atoms with E-state index in [1.165, 1.54) is 0 Å². The van der Waals surface area contributed by atoms with Crippen LogP contribution in [0.3, 0.4) is 0 Å².